The second-order valence-corrected chi connectivity index (χ2v) is 9.84. The summed E-state index contributed by atoms with van der Waals surface area (Å²) in [5.41, 5.74) is 1.33. The van der Waals surface area contributed by atoms with Crippen molar-refractivity contribution in [2.24, 2.45) is 0 Å². The molecule has 0 saturated carbocycles. The molecule has 1 aromatic rings. The SMILES string of the molecule is [C-]#[N+][C@@H]1CCCN1C(=O)CNC(C)(C)CS(=O)(=O)N1Cc2ccccc2C1. The number of hydrogen-bond donors (Lipinski definition) is 1. The second-order valence-electron chi connectivity index (χ2n) is 7.87. The van der Waals surface area contributed by atoms with Crippen molar-refractivity contribution in [1.29, 1.82) is 0 Å². The highest BCUT2D eigenvalue weighted by molar-refractivity contribution is 7.89. The van der Waals surface area contributed by atoms with Gasteiger partial charge in [-0.15, -0.1) is 0 Å². The van der Waals surface area contributed by atoms with Crippen molar-refractivity contribution in [2.75, 3.05) is 18.8 Å². The van der Waals surface area contributed by atoms with Gasteiger partial charge >= 0.3 is 6.17 Å². The van der Waals surface area contributed by atoms with Crippen molar-refractivity contribution in [2.45, 2.75) is 51.5 Å². The third kappa shape index (κ3) is 4.49. The van der Waals surface area contributed by atoms with Crippen LogP contribution in [-0.2, 0) is 27.9 Å². The molecule has 8 heteroatoms. The highest BCUT2D eigenvalue weighted by Crippen LogP contribution is 2.26. The van der Waals surface area contributed by atoms with E-state index in [2.05, 4.69) is 10.2 Å². The van der Waals surface area contributed by atoms with Crippen LogP contribution in [0.4, 0.5) is 0 Å². The molecule has 27 heavy (non-hydrogen) atoms. The smallest absolute Gasteiger partial charge is 0.300 e. The zero-order valence-electron chi connectivity index (χ0n) is 15.8. The fraction of sp³-hybridized carbons (Fsp3) is 0.579. The van der Waals surface area contributed by atoms with E-state index in [4.69, 9.17) is 6.57 Å². The zero-order chi connectivity index (χ0) is 19.7. The van der Waals surface area contributed by atoms with Crippen LogP contribution in [0.3, 0.4) is 0 Å². The number of carbonyl (C=O) groups is 1. The highest BCUT2D eigenvalue weighted by Gasteiger charge is 2.36. The average molecular weight is 391 g/mol. The van der Waals surface area contributed by atoms with Crippen molar-refractivity contribution in [3.8, 4) is 0 Å². The van der Waals surface area contributed by atoms with Gasteiger partial charge in [-0.2, -0.15) is 4.31 Å². The highest BCUT2D eigenvalue weighted by atomic mass is 32.2. The molecular formula is C19H26N4O3S. The fourth-order valence-electron chi connectivity index (χ4n) is 3.69. The van der Waals surface area contributed by atoms with Crippen LogP contribution in [0, 0.1) is 6.57 Å². The Labute approximate surface area is 161 Å². The molecule has 0 unspecified atom stereocenters. The summed E-state index contributed by atoms with van der Waals surface area (Å²) in [6.45, 7) is 12.2. The monoisotopic (exact) mass is 390 g/mol. The Kier molecular flexibility index (Phi) is 5.56. The minimum Gasteiger partial charge on any atom is -0.302 e. The molecule has 2 aliphatic rings. The Bertz CT molecular complexity index is 835. The lowest BCUT2D eigenvalue weighted by Crippen LogP contribution is -2.52. The molecule has 7 nitrogen and oxygen atoms in total. The number of nitrogens with one attached hydrogen (secondary N) is 1. The van der Waals surface area contributed by atoms with E-state index in [-0.39, 0.29) is 24.4 Å². The molecule has 3 rings (SSSR count). The minimum atomic E-state index is -3.47. The minimum absolute atomic E-state index is 0.0365. The van der Waals surface area contributed by atoms with Crippen LogP contribution in [0.15, 0.2) is 24.3 Å². The summed E-state index contributed by atoms with van der Waals surface area (Å²) < 4.78 is 27.2. The summed E-state index contributed by atoms with van der Waals surface area (Å²) in [6, 6.07) is 7.75. The van der Waals surface area contributed by atoms with E-state index >= 15 is 0 Å². The van der Waals surface area contributed by atoms with Gasteiger partial charge in [0.15, 0.2) is 0 Å². The average Bonchev–Trinajstić information content (AvgIpc) is 3.25. The first-order valence-corrected chi connectivity index (χ1v) is 10.8. The Morgan fingerprint density at radius 3 is 2.52 bits per heavy atom. The van der Waals surface area contributed by atoms with Gasteiger partial charge in [-0.05, 0) is 31.4 Å². The molecule has 1 atom stereocenters. The number of amides is 1. The summed E-state index contributed by atoms with van der Waals surface area (Å²) in [6.07, 6.45) is 1.17. The zero-order valence-corrected chi connectivity index (χ0v) is 16.6. The van der Waals surface area contributed by atoms with E-state index in [9.17, 15) is 13.2 Å². The molecule has 2 heterocycles. The molecule has 0 spiro atoms. The molecule has 0 bridgehead atoms. The topological polar surface area (TPSA) is 74.1 Å². The van der Waals surface area contributed by atoms with Gasteiger partial charge in [0.2, 0.25) is 15.9 Å². The molecule has 1 amide bonds. The van der Waals surface area contributed by atoms with Gasteiger partial charge in [-0.3, -0.25) is 14.5 Å². The summed E-state index contributed by atoms with van der Waals surface area (Å²) in [5, 5.41) is 3.08. The van der Waals surface area contributed by atoms with Crippen LogP contribution in [0.1, 0.15) is 37.8 Å². The van der Waals surface area contributed by atoms with Crippen LogP contribution < -0.4 is 5.32 Å². The summed E-state index contributed by atoms with van der Waals surface area (Å²) in [4.78, 5) is 17.5. The van der Waals surface area contributed by atoms with Crippen LogP contribution in [0.5, 0.6) is 0 Å². The van der Waals surface area contributed by atoms with E-state index in [1.165, 1.54) is 4.31 Å². The normalized spacial score (nSPS) is 20.5. The molecule has 0 aliphatic carbocycles. The molecule has 1 saturated heterocycles. The summed E-state index contributed by atoms with van der Waals surface area (Å²) >= 11 is 0. The molecule has 1 aromatic carbocycles. The summed E-state index contributed by atoms with van der Waals surface area (Å²) in [7, 11) is -3.47. The number of rotatable bonds is 6. The molecule has 0 aromatic heterocycles. The fourth-order valence-corrected chi connectivity index (χ4v) is 5.56. The first-order chi connectivity index (χ1) is 12.7. The molecule has 1 fully saturated rings. The van der Waals surface area contributed by atoms with E-state index in [0.717, 1.165) is 17.5 Å². The largest absolute Gasteiger partial charge is 0.302 e. The van der Waals surface area contributed by atoms with Crippen LogP contribution in [-0.4, -0.2) is 54.1 Å². The van der Waals surface area contributed by atoms with Crippen molar-refractivity contribution < 1.29 is 13.2 Å². The number of benzene rings is 1. The van der Waals surface area contributed by atoms with E-state index in [0.29, 0.717) is 26.1 Å². The summed E-state index contributed by atoms with van der Waals surface area (Å²) in [5.74, 6) is -0.236. The molecule has 0 radical (unpaired) electrons. The van der Waals surface area contributed by atoms with Gasteiger partial charge < -0.3 is 5.32 Å². The van der Waals surface area contributed by atoms with Gasteiger partial charge in [0.05, 0.1) is 12.3 Å². The Morgan fingerprint density at radius 2 is 1.93 bits per heavy atom. The van der Waals surface area contributed by atoms with E-state index in [1.807, 2.05) is 24.3 Å². The number of likely N-dealkylation sites (tertiary alicyclic amines) is 1. The number of nitrogens with zero attached hydrogens (tertiary/aromatic N) is 3. The lowest BCUT2D eigenvalue weighted by molar-refractivity contribution is -0.130. The Balaban J connectivity index is 1.57. The third-order valence-corrected chi connectivity index (χ3v) is 7.29. The lowest BCUT2D eigenvalue weighted by atomic mass is 10.1. The van der Waals surface area contributed by atoms with Gasteiger partial charge in [0.25, 0.3) is 0 Å². The molecule has 2 aliphatic heterocycles. The molecular weight excluding hydrogens is 364 g/mol. The van der Waals surface area contributed by atoms with Crippen molar-refractivity contribution in [1.82, 2.24) is 14.5 Å². The maximum Gasteiger partial charge on any atom is 0.300 e. The van der Waals surface area contributed by atoms with Gasteiger partial charge in [-0.25, -0.2) is 15.0 Å². The lowest BCUT2D eigenvalue weighted by Gasteiger charge is -2.29. The van der Waals surface area contributed by atoms with Crippen molar-refractivity contribution >= 4 is 15.9 Å². The van der Waals surface area contributed by atoms with E-state index < -0.39 is 15.6 Å². The van der Waals surface area contributed by atoms with Gasteiger partial charge in [0, 0.05) is 31.6 Å². The maximum atomic E-state index is 12.9. The third-order valence-electron chi connectivity index (χ3n) is 5.16. The second kappa shape index (κ2) is 7.58. The van der Waals surface area contributed by atoms with Gasteiger partial charge in [0.1, 0.15) is 0 Å². The standard InChI is InChI=1S/C19H26N4O3S/c1-19(2,21-11-18(24)23-10-6-9-17(23)20-3)14-27(25,26)22-12-15-7-4-5-8-16(15)13-22/h4-5,7-8,17,21H,6,9-14H2,1-2H3/t17-/m0/s1. The van der Waals surface area contributed by atoms with Crippen LogP contribution in [0.25, 0.3) is 4.85 Å². The van der Waals surface area contributed by atoms with Crippen molar-refractivity contribution in [3.05, 3.63) is 46.8 Å². The Morgan fingerprint density at radius 1 is 1.30 bits per heavy atom. The first kappa shape index (κ1) is 19.8. The number of hydrogen-bond acceptors (Lipinski definition) is 4. The van der Waals surface area contributed by atoms with Gasteiger partial charge in [-0.1, -0.05) is 24.3 Å². The van der Waals surface area contributed by atoms with Crippen LogP contribution in [0.2, 0.25) is 0 Å². The quantitative estimate of drug-likeness (QED) is 0.749. The molecule has 1 N–H and O–H groups in total. The van der Waals surface area contributed by atoms with Crippen LogP contribution >= 0.6 is 0 Å². The number of sulfonamides is 1. The maximum absolute atomic E-state index is 12.9. The predicted molar refractivity (Wildman–Crippen MR) is 103 cm³/mol. The van der Waals surface area contributed by atoms with E-state index in [1.54, 1.807) is 18.7 Å². The first-order valence-electron chi connectivity index (χ1n) is 9.17. The number of fused-ring (bicyclic) bond motifs is 1. The Hall–Kier alpha value is -1.95. The predicted octanol–water partition coefficient (Wildman–Crippen LogP) is 1.57. The molecule has 146 valence electrons. The number of carbonyl (C=O) groups excluding carboxylic acids is 1. The van der Waals surface area contributed by atoms with Crippen molar-refractivity contribution in [3.63, 3.8) is 0 Å².